The molecule has 0 saturated carbocycles. The van der Waals surface area contributed by atoms with Crippen molar-refractivity contribution in [3.63, 3.8) is 0 Å². The first kappa shape index (κ1) is 19.2. The lowest BCUT2D eigenvalue weighted by Crippen LogP contribution is -2.40. The summed E-state index contributed by atoms with van der Waals surface area (Å²) in [6, 6.07) is 13.5. The molecule has 1 saturated heterocycles. The molecule has 0 spiro atoms. The molecule has 0 aromatic heterocycles. The van der Waals surface area contributed by atoms with Crippen molar-refractivity contribution in [1.82, 2.24) is 4.90 Å². The zero-order chi connectivity index (χ0) is 19.2. The van der Waals surface area contributed by atoms with Gasteiger partial charge in [-0.05, 0) is 38.1 Å². The number of amides is 1. The molecule has 27 heavy (non-hydrogen) atoms. The average molecular weight is 388 g/mol. The molecule has 0 aliphatic carbocycles. The summed E-state index contributed by atoms with van der Waals surface area (Å²) in [7, 11) is 0. The van der Waals surface area contributed by atoms with Gasteiger partial charge in [-0.15, -0.1) is 0 Å². The fourth-order valence-electron chi connectivity index (χ4n) is 2.67. The number of carbonyl (C=O) groups is 1. The quantitative estimate of drug-likeness (QED) is 0.742. The van der Waals surface area contributed by atoms with E-state index in [1.165, 1.54) is 23.9 Å². The molecule has 3 rings (SSSR count). The Morgan fingerprint density at radius 1 is 1.19 bits per heavy atom. The van der Waals surface area contributed by atoms with Crippen LogP contribution in [0.25, 0.3) is 0 Å². The van der Waals surface area contributed by atoms with E-state index >= 15 is 0 Å². The molecule has 7 heteroatoms. The number of halogens is 1. The maximum absolute atomic E-state index is 13.7. The van der Waals surface area contributed by atoms with Gasteiger partial charge in [-0.2, -0.15) is 0 Å². The Morgan fingerprint density at radius 3 is 2.63 bits per heavy atom. The molecule has 142 valence electrons. The van der Waals surface area contributed by atoms with Crippen molar-refractivity contribution in [3.05, 3.63) is 54.3 Å². The number of carbonyl (C=O) groups excluding carboxylic acids is 1. The molecule has 5 nitrogen and oxygen atoms in total. The van der Waals surface area contributed by atoms with Crippen molar-refractivity contribution in [3.8, 4) is 11.5 Å². The van der Waals surface area contributed by atoms with Gasteiger partial charge in [-0.25, -0.2) is 9.38 Å². The van der Waals surface area contributed by atoms with E-state index in [2.05, 4.69) is 4.99 Å². The third-order valence-electron chi connectivity index (χ3n) is 3.94. The Morgan fingerprint density at radius 2 is 1.89 bits per heavy atom. The van der Waals surface area contributed by atoms with Gasteiger partial charge in [0.15, 0.2) is 23.3 Å². The Kier molecular flexibility index (Phi) is 6.34. The summed E-state index contributed by atoms with van der Waals surface area (Å²) in [4.78, 5) is 18.9. The summed E-state index contributed by atoms with van der Waals surface area (Å²) in [6.07, 6.45) is 0. The lowest BCUT2D eigenvalue weighted by atomic mass is 10.3. The normalized spacial score (nSPS) is 18.0. The van der Waals surface area contributed by atoms with Gasteiger partial charge in [-0.1, -0.05) is 36.0 Å². The largest absolute Gasteiger partial charge is 0.492 e. The number of benzene rings is 2. The van der Waals surface area contributed by atoms with E-state index in [9.17, 15) is 9.18 Å². The van der Waals surface area contributed by atoms with Gasteiger partial charge in [0, 0.05) is 11.8 Å². The number of ether oxygens (including phenoxy) is 2. The summed E-state index contributed by atoms with van der Waals surface area (Å²) in [5.41, 5.74) is 0.670. The summed E-state index contributed by atoms with van der Waals surface area (Å²) < 4.78 is 24.7. The van der Waals surface area contributed by atoms with Crippen molar-refractivity contribution < 1.29 is 18.7 Å². The summed E-state index contributed by atoms with van der Waals surface area (Å²) in [5, 5.41) is 0.594. The lowest BCUT2D eigenvalue weighted by Gasteiger charge is -2.21. The number of rotatable bonds is 6. The fraction of sp³-hybridized carbons (Fsp3) is 0.300. The number of thioether (sulfide) groups is 1. The lowest BCUT2D eigenvalue weighted by molar-refractivity contribution is -0.130. The topological polar surface area (TPSA) is 51.1 Å². The van der Waals surface area contributed by atoms with Crippen molar-refractivity contribution >= 4 is 28.5 Å². The van der Waals surface area contributed by atoms with Crippen LogP contribution in [0.15, 0.2) is 53.5 Å². The van der Waals surface area contributed by atoms with Crippen LogP contribution in [-0.2, 0) is 4.79 Å². The fourth-order valence-corrected chi connectivity index (χ4v) is 3.79. The summed E-state index contributed by atoms with van der Waals surface area (Å²) >= 11 is 1.50. The number of hydrogen-bond acceptors (Lipinski definition) is 5. The predicted octanol–water partition coefficient (Wildman–Crippen LogP) is 4.25. The molecular weight excluding hydrogens is 367 g/mol. The van der Waals surface area contributed by atoms with Gasteiger partial charge >= 0.3 is 0 Å². The van der Waals surface area contributed by atoms with Gasteiger partial charge < -0.3 is 9.47 Å². The van der Waals surface area contributed by atoms with Gasteiger partial charge in [-0.3, -0.25) is 9.69 Å². The van der Waals surface area contributed by atoms with Crippen LogP contribution < -0.4 is 9.47 Å². The van der Waals surface area contributed by atoms with E-state index in [4.69, 9.17) is 9.47 Å². The van der Waals surface area contributed by atoms with Crippen LogP contribution in [0.2, 0.25) is 0 Å². The van der Waals surface area contributed by atoms with Gasteiger partial charge in [0.25, 0.3) is 5.91 Å². The molecule has 2 aromatic carbocycles. The first-order valence-electron chi connectivity index (χ1n) is 8.73. The number of aliphatic imine (C=N–C) groups is 1. The highest BCUT2D eigenvalue weighted by Gasteiger charge is 2.32. The second-order valence-corrected chi connectivity index (χ2v) is 6.93. The second-order valence-electron chi connectivity index (χ2n) is 5.94. The van der Waals surface area contributed by atoms with Crippen LogP contribution in [0, 0.1) is 5.82 Å². The first-order valence-corrected chi connectivity index (χ1v) is 9.71. The van der Waals surface area contributed by atoms with Gasteiger partial charge in [0.05, 0.1) is 6.61 Å². The standard InChI is InChI=1S/C20H21FN2O3S/c1-3-25-18-11-7-5-9-16(18)22-20-23(14(2)13-27-20)19(24)12-26-17-10-6-4-8-15(17)21/h4-11,14H,3,12-13H2,1-2H3/t14-/m1/s1. The van der Waals surface area contributed by atoms with Gasteiger partial charge in [0.2, 0.25) is 0 Å². The van der Waals surface area contributed by atoms with E-state index in [0.29, 0.717) is 23.2 Å². The number of amidine groups is 1. The average Bonchev–Trinajstić information content (AvgIpc) is 3.03. The number of nitrogens with zero attached hydrogens (tertiary/aromatic N) is 2. The van der Waals surface area contributed by atoms with Crippen LogP contribution in [0.1, 0.15) is 13.8 Å². The SMILES string of the molecule is CCOc1ccccc1N=C1SC[C@@H](C)N1C(=O)COc1ccccc1F. The maximum atomic E-state index is 13.7. The Bertz CT molecular complexity index is 843. The first-order chi connectivity index (χ1) is 13.1. The zero-order valence-corrected chi connectivity index (χ0v) is 16.0. The summed E-state index contributed by atoms with van der Waals surface area (Å²) in [6.45, 7) is 4.14. The molecule has 0 radical (unpaired) electrons. The third kappa shape index (κ3) is 4.60. The molecular formula is C20H21FN2O3S. The van der Waals surface area contributed by atoms with E-state index in [1.54, 1.807) is 17.0 Å². The molecule has 1 fully saturated rings. The molecule has 0 N–H and O–H groups in total. The minimum absolute atomic E-state index is 0.0234. The predicted molar refractivity (Wildman–Crippen MR) is 105 cm³/mol. The molecule has 0 unspecified atom stereocenters. The highest BCUT2D eigenvalue weighted by Crippen LogP contribution is 2.32. The van der Waals surface area contributed by atoms with Crippen molar-refractivity contribution in [2.24, 2.45) is 4.99 Å². The van der Waals surface area contributed by atoms with Crippen molar-refractivity contribution in [1.29, 1.82) is 0 Å². The molecule has 1 aliphatic rings. The Labute approximate surface area is 162 Å². The maximum Gasteiger partial charge on any atom is 0.266 e. The monoisotopic (exact) mass is 388 g/mol. The molecule has 1 heterocycles. The molecule has 1 aliphatic heterocycles. The summed E-state index contributed by atoms with van der Waals surface area (Å²) in [5.74, 6) is 0.714. The van der Waals surface area contributed by atoms with Crippen LogP contribution in [0.5, 0.6) is 11.5 Å². The van der Waals surface area contributed by atoms with Crippen LogP contribution in [0.3, 0.4) is 0 Å². The molecule has 0 bridgehead atoms. The minimum atomic E-state index is -0.492. The number of hydrogen-bond donors (Lipinski definition) is 0. The molecule has 1 atom stereocenters. The minimum Gasteiger partial charge on any atom is -0.492 e. The second kappa shape index (κ2) is 8.90. The van der Waals surface area contributed by atoms with Crippen LogP contribution in [0.4, 0.5) is 10.1 Å². The zero-order valence-electron chi connectivity index (χ0n) is 15.2. The third-order valence-corrected chi connectivity index (χ3v) is 5.13. The smallest absolute Gasteiger partial charge is 0.266 e. The Hall–Kier alpha value is -2.54. The van der Waals surface area contributed by atoms with Crippen molar-refractivity contribution in [2.75, 3.05) is 19.0 Å². The molecule has 2 aromatic rings. The Balaban J connectivity index is 1.77. The van der Waals surface area contributed by atoms with Crippen LogP contribution in [-0.4, -0.2) is 41.0 Å². The van der Waals surface area contributed by atoms with E-state index in [0.717, 1.165) is 5.75 Å². The van der Waals surface area contributed by atoms with E-state index in [1.807, 2.05) is 38.1 Å². The highest BCUT2D eigenvalue weighted by molar-refractivity contribution is 8.14. The molecule has 1 amide bonds. The van der Waals surface area contributed by atoms with Crippen LogP contribution >= 0.6 is 11.8 Å². The van der Waals surface area contributed by atoms with E-state index in [-0.39, 0.29) is 24.3 Å². The van der Waals surface area contributed by atoms with Gasteiger partial charge in [0.1, 0.15) is 11.4 Å². The highest BCUT2D eigenvalue weighted by atomic mass is 32.2. The van der Waals surface area contributed by atoms with Crippen molar-refractivity contribution in [2.45, 2.75) is 19.9 Å². The van der Waals surface area contributed by atoms with E-state index < -0.39 is 5.82 Å². The number of para-hydroxylation sites is 3.